The SMILES string of the molecule is C=CCCC(=O)NCc1cnn2ccccc12. The van der Waals surface area contributed by atoms with Crippen LogP contribution in [-0.2, 0) is 11.3 Å². The Bertz CT molecular complexity index is 530. The lowest BCUT2D eigenvalue weighted by Crippen LogP contribution is -2.22. The average molecular weight is 229 g/mol. The number of aromatic nitrogens is 2. The van der Waals surface area contributed by atoms with Crippen molar-refractivity contribution in [3.8, 4) is 0 Å². The van der Waals surface area contributed by atoms with E-state index in [2.05, 4.69) is 17.0 Å². The Hall–Kier alpha value is -2.10. The molecule has 0 saturated carbocycles. The van der Waals surface area contributed by atoms with Gasteiger partial charge in [0.2, 0.25) is 5.91 Å². The van der Waals surface area contributed by atoms with E-state index in [4.69, 9.17) is 0 Å². The van der Waals surface area contributed by atoms with Gasteiger partial charge in [-0.15, -0.1) is 6.58 Å². The molecule has 0 radical (unpaired) electrons. The number of carbonyl (C=O) groups excluding carboxylic acids is 1. The zero-order chi connectivity index (χ0) is 12.1. The van der Waals surface area contributed by atoms with Crippen LogP contribution in [0.25, 0.3) is 5.52 Å². The number of hydrogen-bond donors (Lipinski definition) is 1. The number of nitrogens with one attached hydrogen (secondary N) is 1. The molecule has 0 spiro atoms. The van der Waals surface area contributed by atoms with Crippen LogP contribution in [0.15, 0.2) is 43.2 Å². The van der Waals surface area contributed by atoms with Gasteiger partial charge in [-0.25, -0.2) is 4.52 Å². The molecule has 1 N–H and O–H groups in total. The molecule has 0 aliphatic heterocycles. The third-order valence-electron chi connectivity index (χ3n) is 2.56. The van der Waals surface area contributed by atoms with Crippen molar-refractivity contribution in [2.75, 3.05) is 0 Å². The van der Waals surface area contributed by atoms with E-state index in [1.54, 1.807) is 16.8 Å². The number of rotatable bonds is 5. The van der Waals surface area contributed by atoms with Crippen LogP contribution in [-0.4, -0.2) is 15.5 Å². The number of carbonyl (C=O) groups is 1. The topological polar surface area (TPSA) is 46.4 Å². The summed E-state index contributed by atoms with van der Waals surface area (Å²) in [7, 11) is 0. The second-order valence-corrected chi connectivity index (χ2v) is 3.80. The normalized spacial score (nSPS) is 10.4. The van der Waals surface area contributed by atoms with Crippen LogP contribution in [0.2, 0.25) is 0 Å². The van der Waals surface area contributed by atoms with Gasteiger partial charge in [0.1, 0.15) is 0 Å². The summed E-state index contributed by atoms with van der Waals surface area (Å²) in [6.45, 7) is 4.11. The maximum absolute atomic E-state index is 11.4. The Morgan fingerprint density at radius 2 is 2.41 bits per heavy atom. The van der Waals surface area contributed by atoms with Crippen LogP contribution in [0.4, 0.5) is 0 Å². The molecule has 0 unspecified atom stereocenters. The summed E-state index contributed by atoms with van der Waals surface area (Å²) in [5.74, 6) is 0.0418. The fourth-order valence-corrected chi connectivity index (χ4v) is 1.64. The van der Waals surface area contributed by atoms with Crippen molar-refractivity contribution >= 4 is 11.4 Å². The molecule has 2 aromatic heterocycles. The van der Waals surface area contributed by atoms with E-state index in [1.807, 2.05) is 24.4 Å². The number of amides is 1. The predicted molar refractivity (Wildman–Crippen MR) is 66.5 cm³/mol. The molecule has 0 fully saturated rings. The number of pyridine rings is 1. The van der Waals surface area contributed by atoms with Gasteiger partial charge in [0.15, 0.2) is 0 Å². The van der Waals surface area contributed by atoms with E-state index in [9.17, 15) is 4.79 Å². The molecule has 0 atom stereocenters. The molecule has 2 heterocycles. The first-order valence-corrected chi connectivity index (χ1v) is 5.60. The lowest BCUT2D eigenvalue weighted by molar-refractivity contribution is -0.121. The van der Waals surface area contributed by atoms with Crippen molar-refractivity contribution in [2.24, 2.45) is 0 Å². The van der Waals surface area contributed by atoms with E-state index in [0.29, 0.717) is 19.4 Å². The zero-order valence-corrected chi connectivity index (χ0v) is 9.60. The number of allylic oxidation sites excluding steroid dienone is 1. The van der Waals surface area contributed by atoms with Crippen LogP contribution in [0, 0.1) is 0 Å². The lowest BCUT2D eigenvalue weighted by Gasteiger charge is -2.02. The molecule has 0 bridgehead atoms. The second-order valence-electron chi connectivity index (χ2n) is 3.80. The molecule has 4 nitrogen and oxygen atoms in total. The second kappa shape index (κ2) is 5.30. The minimum absolute atomic E-state index is 0.0418. The molecule has 0 saturated heterocycles. The molecule has 0 aliphatic rings. The fourth-order valence-electron chi connectivity index (χ4n) is 1.64. The van der Waals surface area contributed by atoms with Crippen LogP contribution in [0.5, 0.6) is 0 Å². The summed E-state index contributed by atoms with van der Waals surface area (Å²) in [5.41, 5.74) is 2.05. The molecule has 88 valence electrons. The van der Waals surface area contributed by atoms with E-state index >= 15 is 0 Å². The number of fused-ring (bicyclic) bond motifs is 1. The Balaban J connectivity index is 1.99. The predicted octanol–water partition coefficient (Wildman–Crippen LogP) is 1.92. The van der Waals surface area contributed by atoms with Gasteiger partial charge in [0.25, 0.3) is 0 Å². The van der Waals surface area contributed by atoms with Crippen molar-refractivity contribution in [1.82, 2.24) is 14.9 Å². The van der Waals surface area contributed by atoms with Crippen molar-refractivity contribution in [2.45, 2.75) is 19.4 Å². The van der Waals surface area contributed by atoms with Crippen molar-refractivity contribution in [3.05, 3.63) is 48.8 Å². The molecule has 1 amide bonds. The van der Waals surface area contributed by atoms with Crippen molar-refractivity contribution in [3.63, 3.8) is 0 Å². The fraction of sp³-hybridized carbons (Fsp3) is 0.231. The van der Waals surface area contributed by atoms with Gasteiger partial charge in [0.05, 0.1) is 11.7 Å². The van der Waals surface area contributed by atoms with Crippen LogP contribution < -0.4 is 5.32 Å². The highest BCUT2D eigenvalue weighted by molar-refractivity contribution is 5.76. The van der Waals surface area contributed by atoms with Gasteiger partial charge in [-0.3, -0.25) is 4.79 Å². The lowest BCUT2D eigenvalue weighted by atomic mass is 10.2. The third kappa shape index (κ3) is 2.72. The number of hydrogen-bond acceptors (Lipinski definition) is 2. The average Bonchev–Trinajstić information content (AvgIpc) is 2.77. The molecule has 17 heavy (non-hydrogen) atoms. The maximum atomic E-state index is 11.4. The first-order chi connectivity index (χ1) is 8.31. The largest absolute Gasteiger partial charge is 0.352 e. The van der Waals surface area contributed by atoms with Gasteiger partial charge >= 0.3 is 0 Å². The minimum Gasteiger partial charge on any atom is -0.352 e. The molecule has 0 aliphatic carbocycles. The first kappa shape index (κ1) is 11.4. The summed E-state index contributed by atoms with van der Waals surface area (Å²) in [5, 5.41) is 7.08. The highest BCUT2D eigenvalue weighted by Gasteiger charge is 2.04. The van der Waals surface area contributed by atoms with Gasteiger partial charge < -0.3 is 5.32 Å². The van der Waals surface area contributed by atoms with Crippen LogP contribution >= 0.6 is 0 Å². The molecule has 2 rings (SSSR count). The summed E-state index contributed by atoms with van der Waals surface area (Å²) >= 11 is 0. The Morgan fingerprint density at radius 1 is 1.53 bits per heavy atom. The first-order valence-electron chi connectivity index (χ1n) is 5.60. The zero-order valence-electron chi connectivity index (χ0n) is 9.60. The quantitative estimate of drug-likeness (QED) is 0.796. The summed E-state index contributed by atoms with van der Waals surface area (Å²) in [4.78, 5) is 11.4. The Morgan fingerprint density at radius 3 is 3.24 bits per heavy atom. The van der Waals surface area contributed by atoms with Gasteiger partial charge in [-0.05, 0) is 18.6 Å². The van der Waals surface area contributed by atoms with Gasteiger partial charge in [-0.1, -0.05) is 12.1 Å². The van der Waals surface area contributed by atoms with E-state index < -0.39 is 0 Å². The van der Waals surface area contributed by atoms with Crippen molar-refractivity contribution < 1.29 is 4.79 Å². The van der Waals surface area contributed by atoms with Crippen LogP contribution in [0.3, 0.4) is 0 Å². The summed E-state index contributed by atoms with van der Waals surface area (Å²) in [6.07, 6.45) is 6.61. The Kier molecular flexibility index (Phi) is 3.55. The smallest absolute Gasteiger partial charge is 0.220 e. The van der Waals surface area contributed by atoms with E-state index in [1.165, 1.54) is 0 Å². The summed E-state index contributed by atoms with van der Waals surface area (Å²) < 4.78 is 1.80. The van der Waals surface area contributed by atoms with E-state index in [-0.39, 0.29) is 5.91 Å². The monoisotopic (exact) mass is 229 g/mol. The van der Waals surface area contributed by atoms with Gasteiger partial charge in [0, 0.05) is 24.7 Å². The van der Waals surface area contributed by atoms with E-state index in [0.717, 1.165) is 11.1 Å². The maximum Gasteiger partial charge on any atom is 0.220 e. The van der Waals surface area contributed by atoms with Crippen LogP contribution in [0.1, 0.15) is 18.4 Å². The summed E-state index contributed by atoms with van der Waals surface area (Å²) in [6, 6.07) is 5.87. The molecule has 0 aromatic carbocycles. The highest BCUT2D eigenvalue weighted by atomic mass is 16.1. The highest BCUT2D eigenvalue weighted by Crippen LogP contribution is 2.09. The van der Waals surface area contributed by atoms with Crippen molar-refractivity contribution in [1.29, 1.82) is 0 Å². The molecule has 2 aromatic rings. The molecular weight excluding hydrogens is 214 g/mol. The standard InChI is InChI=1S/C13H15N3O/c1-2-3-7-13(17)14-9-11-10-15-16-8-5-4-6-12(11)16/h2,4-6,8,10H,1,3,7,9H2,(H,14,17). The minimum atomic E-state index is 0.0418. The molecular formula is C13H15N3O. The van der Waals surface area contributed by atoms with Gasteiger partial charge in [-0.2, -0.15) is 5.10 Å². The number of nitrogens with zero attached hydrogens (tertiary/aromatic N) is 2. The third-order valence-corrected chi connectivity index (χ3v) is 2.56. The Labute approximate surface area is 99.9 Å². The molecule has 4 heteroatoms.